The number of nitrogens with zero attached hydrogens (tertiary/aromatic N) is 2. The van der Waals surface area contributed by atoms with Crippen LogP contribution in [0.4, 0.5) is 32.6 Å². The lowest BCUT2D eigenvalue weighted by Crippen LogP contribution is -2.49. The fourth-order valence-corrected chi connectivity index (χ4v) is 3.76. The van der Waals surface area contributed by atoms with Gasteiger partial charge in [0.2, 0.25) is 0 Å². The van der Waals surface area contributed by atoms with Crippen molar-refractivity contribution in [3.05, 3.63) is 34.9 Å². The lowest BCUT2D eigenvalue weighted by molar-refractivity contribution is -0.139. The Hall–Kier alpha value is -4.32. The number of carbonyl (C=O) groups excluding carboxylic acids is 1. The number of phenols is 4. The Kier molecular flexibility index (Phi) is 6.33. The minimum Gasteiger partial charge on any atom is -0.504 e. The molecule has 0 aromatic heterocycles. The van der Waals surface area contributed by atoms with Crippen molar-refractivity contribution in [3.63, 3.8) is 0 Å². The van der Waals surface area contributed by atoms with E-state index in [0.717, 1.165) is 13.0 Å². The van der Waals surface area contributed by atoms with E-state index in [-0.39, 0.29) is 0 Å². The molecular formula is C19H13F8N3O6S. The fourth-order valence-electron chi connectivity index (χ4n) is 2.84. The standard InChI is InChI=1S/C19H13F8N3O6S/c1-18(6-29,7-36-10-3-2-8(5-28)4-9(10)19(20,21)22)30-17(35)11-12(31)14(33)16(15(34)13(11)32)37(23,24,25,26)27/h2-4,31-34H,7H2,1H3,(H,30,35)/t18-/m1/s1. The maximum absolute atomic E-state index is 13.3. The van der Waals surface area contributed by atoms with Gasteiger partial charge in [0.1, 0.15) is 17.9 Å². The Bertz CT molecular complexity index is 1350. The highest BCUT2D eigenvalue weighted by Gasteiger charge is 2.70. The molecule has 202 valence electrons. The van der Waals surface area contributed by atoms with Crippen LogP contribution in [0.25, 0.3) is 0 Å². The predicted molar refractivity (Wildman–Crippen MR) is 108 cm³/mol. The molecule has 0 heterocycles. The van der Waals surface area contributed by atoms with Gasteiger partial charge in [0, 0.05) is 0 Å². The molecule has 0 spiro atoms. The van der Waals surface area contributed by atoms with Crippen LogP contribution in [0.3, 0.4) is 0 Å². The third-order valence-electron chi connectivity index (χ3n) is 4.53. The van der Waals surface area contributed by atoms with E-state index in [0.29, 0.717) is 12.1 Å². The van der Waals surface area contributed by atoms with Gasteiger partial charge in [0.15, 0.2) is 33.4 Å². The highest BCUT2D eigenvalue weighted by Crippen LogP contribution is 3.04. The first kappa shape index (κ1) is 28.9. The minimum absolute atomic E-state index is 0.406. The van der Waals surface area contributed by atoms with Crippen molar-refractivity contribution in [2.45, 2.75) is 23.5 Å². The predicted octanol–water partition coefficient (Wildman–Crippen LogP) is 5.15. The van der Waals surface area contributed by atoms with E-state index in [9.17, 15) is 63.1 Å². The smallest absolute Gasteiger partial charge is 0.420 e. The van der Waals surface area contributed by atoms with Gasteiger partial charge in [-0.25, -0.2) is 0 Å². The molecule has 0 unspecified atom stereocenters. The molecule has 1 atom stereocenters. The zero-order chi connectivity index (χ0) is 28.8. The van der Waals surface area contributed by atoms with Crippen LogP contribution in [0.1, 0.15) is 28.4 Å². The van der Waals surface area contributed by atoms with Gasteiger partial charge in [-0.1, -0.05) is 19.4 Å². The SMILES string of the molecule is C[C@@](C#N)(COc1ccc(C#N)cc1C(F)(F)F)NC(=O)c1c(O)c(O)c(S(F)(F)(F)(F)F)c(O)c1O. The number of nitrogens with one attached hydrogen (secondary N) is 1. The number of ether oxygens (including phenoxy) is 1. The monoisotopic (exact) mass is 563 g/mol. The average Bonchev–Trinajstić information content (AvgIpc) is 2.74. The molecule has 2 aromatic carbocycles. The molecule has 2 rings (SSSR count). The van der Waals surface area contributed by atoms with Gasteiger partial charge >= 0.3 is 16.4 Å². The van der Waals surface area contributed by atoms with Crippen molar-refractivity contribution in [2.75, 3.05) is 6.61 Å². The number of hydrogen-bond donors (Lipinski definition) is 5. The van der Waals surface area contributed by atoms with E-state index in [2.05, 4.69) is 0 Å². The third kappa shape index (κ3) is 5.92. The summed E-state index contributed by atoms with van der Waals surface area (Å²) in [5.41, 5.74) is -6.01. The largest absolute Gasteiger partial charge is 0.504 e. The van der Waals surface area contributed by atoms with E-state index in [1.165, 1.54) is 12.1 Å². The van der Waals surface area contributed by atoms with E-state index in [1.54, 1.807) is 5.32 Å². The minimum atomic E-state index is -10.9. The molecule has 0 bridgehead atoms. The van der Waals surface area contributed by atoms with Crippen LogP contribution in [0, 0.1) is 22.7 Å². The molecule has 0 aliphatic heterocycles. The van der Waals surface area contributed by atoms with Gasteiger partial charge in [-0.05, 0) is 25.1 Å². The van der Waals surface area contributed by atoms with E-state index in [4.69, 9.17) is 10.00 Å². The maximum atomic E-state index is 13.3. The summed E-state index contributed by atoms with van der Waals surface area (Å²) < 4.78 is 110. The average molecular weight is 563 g/mol. The second-order valence-electron chi connectivity index (χ2n) is 7.57. The van der Waals surface area contributed by atoms with Gasteiger partial charge in [-0.15, -0.1) is 0 Å². The Morgan fingerprint density at radius 1 is 1.00 bits per heavy atom. The van der Waals surface area contributed by atoms with E-state index in [1.807, 2.05) is 0 Å². The molecule has 5 N–H and O–H groups in total. The highest BCUT2D eigenvalue weighted by atomic mass is 32.5. The highest BCUT2D eigenvalue weighted by molar-refractivity contribution is 8.46. The number of phenolic OH excluding ortho intramolecular Hbond substituents is 4. The number of hydrogen-bond acceptors (Lipinski definition) is 8. The van der Waals surface area contributed by atoms with Crippen LogP contribution in [0.2, 0.25) is 0 Å². The van der Waals surface area contributed by atoms with Crippen molar-refractivity contribution in [1.29, 1.82) is 10.5 Å². The molecule has 37 heavy (non-hydrogen) atoms. The summed E-state index contributed by atoms with van der Waals surface area (Å²) in [6, 6.07) is 4.89. The van der Waals surface area contributed by atoms with Crippen molar-refractivity contribution < 1.29 is 62.6 Å². The van der Waals surface area contributed by atoms with Crippen LogP contribution in [-0.4, -0.2) is 38.5 Å². The normalized spacial score (nSPS) is 15.3. The van der Waals surface area contributed by atoms with Gasteiger partial charge in [-0.3, -0.25) is 4.79 Å². The molecule has 0 saturated carbocycles. The topological polar surface area (TPSA) is 167 Å². The molecule has 0 radical (unpaired) electrons. The van der Waals surface area contributed by atoms with Crippen LogP contribution >= 0.6 is 10.2 Å². The van der Waals surface area contributed by atoms with Gasteiger partial charge in [0.25, 0.3) is 5.91 Å². The number of rotatable bonds is 6. The Morgan fingerprint density at radius 2 is 1.51 bits per heavy atom. The van der Waals surface area contributed by atoms with Crippen molar-refractivity contribution in [2.24, 2.45) is 0 Å². The van der Waals surface area contributed by atoms with Gasteiger partial charge in [0.05, 0.1) is 23.3 Å². The molecule has 0 aliphatic carbocycles. The number of alkyl halides is 3. The molecular weight excluding hydrogens is 550 g/mol. The van der Waals surface area contributed by atoms with Crippen molar-refractivity contribution in [1.82, 2.24) is 5.32 Å². The summed E-state index contributed by atoms with van der Waals surface area (Å²) in [5.74, 6) is -12.8. The van der Waals surface area contributed by atoms with Crippen molar-refractivity contribution >= 4 is 16.1 Å². The van der Waals surface area contributed by atoms with E-state index >= 15 is 0 Å². The Balaban J connectivity index is 2.47. The number of amides is 1. The zero-order valence-electron chi connectivity index (χ0n) is 17.9. The number of benzene rings is 2. The van der Waals surface area contributed by atoms with Crippen LogP contribution in [0.5, 0.6) is 28.7 Å². The number of carbonyl (C=O) groups is 1. The second-order valence-corrected chi connectivity index (χ2v) is 9.92. The summed E-state index contributed by atoms with van der Waals surface area (Å²) in [6.45, 7) is -0.314. The first-order valence-corrected chi connectivity index (χ1v) is 11.1. The Morgan fingerprint density at radius 3 is 1.92 bits per heavy atom. The first-order chi connectivity index (χ1) is 16.5. The zero-order valence-corrected chi connectivity index (χ0v) is 18.7. The maximum Gasteiger partial charge on any atom is 0.420 e. The molecule has 0 fully saturated rings. The van der Waals surface area contributed by atoms with Crippen LogP contribution in [-0.2, 0) is 6.18 Å². The summed E-state index contributed by atoms with van der Waals surface area (Å²) in [5, 5.41) is 58.2. The lowest BCUT2D eigenvalue weighted by atomic mass is 10.0. The quantitative estimate of drug-likeness (QED) is 0.183. The Labute approximate surface area is 201 Å². The molecule has 0 saturated heterocycles. The number of nitriles is 2. The van der Waals surface area contributed by atoms with Crippen LogP contribution in [0.15, 0.2) is 23.1 Å². The summed E-state index contributed by atoms with van der Waals surface area (Å²) >= 11 is 0. The first-order valence-electron chi connectivity index (χ1n) is 9.17. The number of halogens is 8. The summed E-state index contributed by atoms with van der Waals surface area (Å²) in [4.78, 5) is 8.98. The van der Waals surface area contributed by atoms with Gasteiger partial charge in [-0.2, -0.15) is 23.7 Å². The molecule has 18 heteroatoms. The molecule has 0 aliphatic rings. The lowest BCUT2D eigenvalue weighted by Gasteiger charge is -2.41. The van der Waals surface area contributed by atoms with Gasteiger partial charge < -0.3 is 30.5 Å². The van der Waals surface area contributed by atoms with E-state index < -0.39 is 84.8 Å². The molecule has 1 amide bonds. The molecule has 2 aromatic rings. The summed E-state index contributed by atoms with van der Waals surface area (Å²) in [7, 11) is -10.9. The fraction of sp³-hybridized carbons (Fsp3) is 0.211. The van der Waals surface area contributed by atoms with Crippen LogP contribution < -0.4 is 10.1 Å². The third-order valence-corrected chi connectivity index (χ3v) is 5.69. The summed E-state index contributed by atoms with van der Waals surface area (Å²) in [6.07, 6.45) is -5.04. The molecule has 9 nitrogen and oxygen atoms in total. The second kappa shape index (κ2) is 8.10. The number of aromatic hydroxyl groups is 4. The van der Waals surface area contributed by atoms with Crippen molar-refractivity contribution in [3.8, 4) is 40.9 Å².